The van der Waals surface area contributed by atoms with E-state index in [4.69, 9.17) is 4.42 Å². The van der Waals surface area contributed by atoms with Crippen LogP contribution in [-0.4, -0.2) is 19.6 Å². The van der Waals surface area contributed by atoms with Crippen molar-refractivity contribution < 1.29 is 4.42 Å². The van der Waals surface area contributed by atoms with Crippen molar-refractivity contribution in [1.29, 1.82) is 0 Å². The number of nitrogens with zero attached hydrogens (tertiary/aromatic N) is 4. The lowest BCUT2D eigenvalue weighted by molar-refractivity contribution is 0.543. The van der Waals surface area contributed by atoms with Crippen molar-refractivity contribution in [3.63, 3.8) is 0 Å². The maximum Gasteiger partial charge on any atom is 0.350 e. The Labute approximate surface area is 128 Å². The smallest absolute Gasteiger partial charge is 0.350 e. The molecule has 0 radical (unpaired) electrons. The van der Waals surface area contributed by atoms with E-state index in [0.29, 0.717) is 16.3 Å². The zero-order valence-electron chi connectivity index (χ0n) is 11.6. The van der Waals surface area contributed by atoms with Crippen molar-refractivity contribution in [2.75, 3.05) is 0 Å². The molecule has 4 aromatic rings. The van der Waals surface area contributed by atoms with Gasteiger partial charge in [-0.1, -0.05) is 30.0 Å². The van der Waals surface area contributed by atoms with Gasteiger partial charge >= 0.3 is 5.63 Å². The Hall–Kier alpha value is -2.67. The van der Waals surface area contributed by atoms with Gasteiger partial charge in [0.05, 0.1) is 0 Å². The minimum absolute atomic E-state index is 0.369. The number of aromatic nitrogens is 4. The van der Waals surface area contributed by atoms with Gasteiger partial charge in [0.15, 0.2) is 0 Å². The van der Waals surface area contributed by atoms with E-state index in [1.165, 1.54) is 18.1 Å². The number of benzene rings is 1. The molecule has 3 heterocycles. The van der Waals surface area contributed by atoms with Gasteiger partial charge in [0.25, 0.3) is 5.78 Å². The Morgan fingerprint density at radius 1 is 1.23 bits per heavy atom. The van der Waals surface area contributed by atoms with Crippen LogP contribution >= 0.6 is 11.8 Å². The summed E-state index contributed by atoms with van der Waals surface area (Å²) < 4.78 is 6.95. The summed E-state index contributed by atoms with van der Waals surface area (Å²) in [6.45, 7) is 1.88. The first kappa shape index (κ1) is 13.0. The molecule has 0 N–H and O–H groups in total. The van der Waals surface area contributed by atoms with Crippen molar-refractivity contribution in [3.8, 4) is 0 Å². The second-order valence-electron chi connectivity index (χ2n) is 4.75. The number of hydrogen-bond donors (Lipinski definition) is 0. The molecule has 0 aliphatic rings. The molecule has 22 heavy (non-hydrogen) atoms. The molecule has 1 aromatic carbocycles. The zero-order valence-corrected chi connectivity index (χ0v) is 12.4. The lowest BCUT2D eigenvalue weighted by atomic mass is 10.2. The molecule has 7 heteroatoms. The van der Waals surface area contributed by atoms with Crippen molar-refractivity contribution in [1.82, 2.24) is 19.6 Å². The molecule has 0 saturated carbocycles. The van der Waals surface area contributed by atoms with E-state index in [-0.39, 0.29) is 5.63 Å². The van der Waals surface area contributed by atoms with Crippen molar-refractivity contribution in [2.24, 2.45) is 0 Å². The molecule has 0 bridgehead atoms. The highest BCUT2D eigenvalue weighted by Crippen LogP contribution is 2.27. The van der Waals surface area contributed by atoms with Gasteiger partial charge in [0.2, 0.25) is 0 Å². The number of rotatable bonds is 2. The third-order valence-corrected chi connectivity index (χ3v) is 4.18. The van der Waals surface area contributed by atoms with Gasteiger partial charge in [-0.15, -0.1) is 0 Å². The molecule has 108 valence electrons. The SMILES string of the molecule is Cc1cc(Sc2cc3ccccc3oc2=O)n2ncnc2n1. The molecule has 0 spiro atoms. The summed E-state index contributed by atoms with van der Waals surface area (Å²) in [4.78, 5) is 21.0. The van der Waals surface area contributed by atoms with Crippen molar-refractivity contribution in [3.05, 3.63) is 58.8 Å². The highest BCUT2D eigenvalue weighted by atomic mass is 32.2. The van der Waals surface area contributed by atoms with E-state index in [9.17, 15) is 4.79 Å². The summed E-state index contributed by atoms with van der Waals surface area (Å²) in [7, 11) is 0. The summed E-state index contributed by atoms with van der Waals surface area (Å²) in [5, 5.41) is 5.78. The zero-order chi connectivity index (χ0) is 15.1. The molecule has 0 saturated heterocycles. The molecule has 4 rings (SSSR count). The third-order valence-electron chi connectivity index (χ3n) is 3.17. The first-order chi connectivity index (χ1) is 10.7. The van der Waals surface area contributed by atoms with Crippen LogP contribution < -0.4 is 5.63 Å². The molecule has 3 aromatic heterocycles. The molecule has 0 atom stereocenters. The number of fused-ring (bicyclic) bond motifs is 2. The fourth-order valence-electron chi connectivity index (χ4n) is 2.20. The molecule has 6 nitrogen and oxygen atoms in total. The fourth-order valence-corrected chi connectivity index (χ4v) is 3.18. The van der Waals surface area contributed by atoms with E-state index < -0.39 is 0 Å². The highest BCUT2D eigenvalue weighted by molar-refractivity contribution is 7.99. The molecule has 0 amide bonds. The standard InChI is InChI=1S/C15H10N4O2S/c1-9-6-13(19-15(18-9)16-8-17-19)22-12-7-10-4-2-3-5-11(10)21-14(12)20/h2-8H,1H3. The first-order valence-corrected chi connectivity index (χ1v) is 7.40. The van der Waals surface area contributed by atoms with Crippen LogP contribution in [0.15, 0.2) is 61.9 Å². The molecule has 0 aliphatic carbocycles. The van der Waals surface area contributed by atoms with Crippen molar-refractivity contribution in [2.45, 2.75) is 16.8 Å². The second kappa shape index (κ2) is 4.96. The van der Waals surface area contributed by atoms with Crippen LogP contribution in [-0.2, 0) is 0 Å². The molecular formula is C15H10N4O2S. The maximum atomic E-state index is 12.1. The van der Waals surface area contributed by atoms with Gasteiger partial charge in [0.1, 0.15) is 21.8 Å². The minimum Gasteiger partial charge on any atom is -0.422 e. The van der Waals surface area contributed by atoms with Crippen molar-refractivity contribution >= 4 is 28.5 Å². The topological polar surface area (TPSA) is 73.3 Å². The van der Waals surface area contributed by atoms with E-state index >= 15 is 0 Å². The summed E-state index contributed by atoms with van der Waals surface area (Å²) in [5.74, 6) is 0.507. The van der Waals surface area contributed by atoms with E-state index in [2.05, 4.69) is 15.1 Å². The average molecular weight is 310 g/mol. The Morgan fingerprint density at radius 2 is 2.09 bits per heavy atom. The Bertz CT molecular complexity index is 1050. The fraction of sp³-hybridized carbons (Fsp3) is 0.0667. The number of aryl methyl sites for hydroxylation is 1. The summed E-state index contributed by atoms with van der Waals surface area (Å²) in [5.41, 5.74) is 1.02. The van der Waals surface area contributed by atoms with Gasteiger partial charge in [-0.2, -0.15) is 14.6 Å². The molecular weight excluding hydrogens is 300 g/mol. The Kier molecular flexibility index (Phi) is 2.93. The Morgan fingerprint density at radius 3 is 3.00 bits per heavy atom. The lowest BCUT2D eigenvalue weighted by Gasteiger charge is -2.05. The monoisotopic (exact) mass is 310 g/mol. The second-order valence-corrected chi connectivity index (χ2v) is 5.81. The van der Waals surface area contributed by atoms with Gasteiger partial charge in [-0.3, -0.25) is 0 Å². The van der Waals surface area contributed by atoms with E-state index in [0.717, 1.165) is 16.1 Å². The average Bonchev–Trinajstić information content (AvgIpc) is 2.96. The van der Waals surface area contributed by atoms with E-state index in [1.54, 1.807) is 10.6 Å². The van der Waals surface area contributed by atoms with Crippen LogP contribution in [0.5, 0.6) is 0 Å². The minimum atomic E-state index is -0.369. The largest absolute Gasteiger partial charge is 0.422 e. The molecule has 0 aliphatic heterocycles. The quantitative estimate of drug-likeness (QED) is 0.419. The predicted octanol–water partition coefficient (Wildman–Crippen LogP) is 2.69. The van der Waals surface area contributed by atoms with Gasteiger partial charge in [-0.25, -0.2) is 9.78 Å². The van der Waals surface area contributed by atoms with Crippen LogP contribution in [0.3, 0.4) is 0 Å². The number of para-hydroxylation sites is 1. The van der Waals surface area contributed by atoms with Gasteiger partial charge in [0, 0.05) is 11.1 Å². The van der Waals surface area contributed by atoms with Crippen LogP contribution in [0, 0.1) is 6.92 Å². The normalized spacial score (nSPS) is 11.3. The predicted molar refractivity (Wildman–Crippen MR) is 82.1 cm³/mol. The van der Waals surface area contributed by atoms with Gasteiger partial charge in [-0.05, 0) is 25.1 Å². The van der Waals surface area contributed by atoms with E-state index in [1.807, 2.05) is 37.3 Å². The summed E-state index contributed by atoms with van der Waals surface area (Å²) >= 11 is 1.29. The highest BCUT2D eigenvalue weighted by Gasteiger charge is 2.11. The maximum absolute atomic E-state index is 12.1. The summed E-state index contributed by atoms with van der Waals surface area (Å²) in [6, 6.07) is 11.1. The van der Waals surface area contributed by atoms with Gasteiger partial charge < -0.3 is 4.42 Å². The summed E-state index contributed by atoms with van der Waals surface area (Å²) in [6.07, 6.45) is 1.44. The van der Waals surface area contributed by atoms with Crippen LogP contribution in [0.25, 0.3) is 16.7 Å². The first-order valence-electron chi connectivity index (χ1n) is 6.59. The lowest BCUT2D eigenvalue weighted by Crippen LogP contribution is -2.03. The van der Waals surface area contributed by atoms with Crippen LogP contribution in [0.4, 0.5) is 0 Å². The van der Waals surface area contributed by atoms with Crippen LogP contribution in [0.1, 0.15) is 5.69 Å². The Balaban J connectivity index is 1.87. The third kappa shape index (κ3) is 2.15. The molecule has 0 unspecified atom stereocenters. The van der Waals surface area contributed by atoms with Crippen LogP contribution in [0.2, 0.25) is 0 Å². The molecule has 0 fully saturated rings. The number of hydrogen-bond acceptors (Lipinski definition) is 6.